The van der Waals surface area contributed by atoms with Crippen molar-refractivity contribution in [2.75, 3.05) is 11.9 Å². The summed E-state index contributed by atoms with van der Waals surface area (Å²) in [4.78, 5) is 0. The Morgan fingerprint density at radius 3 is 2.53 bits per heavy atom. The molecule has 0 aromatic heterocycles. The van der Waals surface area contributed by atoms with E-state index in [-0.39, 0.29) is 5.41 Å². The van der Waals surface area contributed by atoms with Crippen LogP contribution in [0.25, 0.3) is 0 Å². The van der Waals surface area contributed by atoms with Gasteiger partial charge in [0.15, 0.2) is 0 Å². The minimum atomic E-state index is 0.270. The van der Waals surface area contributed by atoms with E-state index >= 15 is 0 Å². The van der Waals surface area contributed by atoms with Crippen molar-refractivity contribution in [3.05, 3.63) is 29.8 Å². The molecule has 2 heteroatoms. The van der Waals surface area contributed by atoms with Crippen molar-refractivity contribution in [3.8, 4) is 5.75 Å². The van der Waals surface area contributed by atoms with Crippen LogP contribution in [0.3, 0.4) is 0 Å². The Kier molecular flexibility index (Phi) is 5.51. The van der Waals surface area contributed by atoms with Gasteiger partial charge in [0.1, 0.15) is 5.75 Å². The molecule has 1 atom stereocenters. The zero-order valence-corrected chi connectivity index (χ0v) is 12.9. The smallest absolute Gasteiger partial charge is 0.119 e. The van der Waals surface area contributed by atoms with Gasteiger partial charge in [-0.25, -0.2) is 0 Å². The number of hydrogen-bond acceptors (Lipinski definition) is 1. The Bertz CT molecular complexity index is 341. The third kappa shape index (κ3) is 4.71. The third-order valence-electron chi connectivity index (χ3n) is 3.17. The molecular weight excluding hydrogens is 276 g/mol. The molecule has 0 spiro atoms. The van der Waals surface area contributed by atoms with Crippen LogP contribution < -0.4 is 4.74 Å². The van der Waals surface area contributed by atoms with E-state index in [4.69, 9.17) is 4.74 Å². The highest BCUT2D eigenvalue weighted by Crippen LogP contribution is 2.28. The fourth-order valence-electron chi connectivity index (χ4n) is 1.58. The lowest BCUT2D eigenvalue weighted by molar-refractivity contribution is 0.166. The first-order chi connectivity index (χ1) is 7.97. The summed E-state index contributed by atoms with van der Waals surface area (Å²) < 4.78 is 5.90. The second-order valence-corrected chi connectivity index (χ2v) is 6.18. The molecule has 1 aromatic carbocycles. The number of aryl methyl sites for hydroxylation is 1. The van der Waals surface area contributed by atoms with Crippen molar-refractivity contribution in [2.45, 2.75) is 34.1 Å². The summed E-state index contributed by atoms with van der Waals surface area (Å²) >= 11 is 3.57. The molecule has 0 saturated carbocycles. The molecule has 0 saturated heterocycles. The summed E-state index contributed by atoms with van der Waals surface area (Å²) in [6.45, 7) is 9.69. The summed E-state index contributed by atoms with van der Waals surface area (Å²) in [7, 11) is 0. The first-order valence-electron chi connectivity index (χ1n) is 6.25. The second kappa shape index (κ2) is 6.44. The zero-order chi connectivity index (χ0) is 12.9. The Labute approximate surface area is 114 Å². The maximum Gasteiger partial charge on any atom is 0.119 e. The van der Waals surface area contributed by atoms with Gasteiger partial charge in [-0.2, -0.15) is 0 Å². The van der Waals surface area contributed by atoms with E-state index in [1.54, 1.807) is 0 Å². The molecule has 0 radical (unpaired) electrons. The van der Waals surface area contributed by atoms with Crippen LogP contribution in [0.5, 0.6) is 5.75 Å². The monoisotopic (exact) mass is 298 g/mol. The van der Waals surface area contributed by atoms with Gasteiger partial charge in [-0.15, -0.1) is 0 Å². The SMILES string of the molecule is CCc1cccc(OCC(CBr)C(C)(C)C)c1. The van der Waals surface area contributed by atoms with Crippen LogP contribution in [0.1, 0.15) is 33.3 Å². The van der Waals surface area contributed by atoms with Crippen molar-refractivity contribution in [2.24, 2.45) is 11.3 Å². The standard InChI is InChI=1S/C15H23BrO/c1-5-12-7-6-8-14(9-12)17-11-13(10-16)15(2,3)4/h6-9,13H,5,10-11H2,1-4H3. The van der Waals surface area contributed by atoms with Crippen LogP contribution in [-0.4, -0.2) is 11.9 Å². The predicted molar refractivity (Wildman–Crippen MR) is 78.1 cm³/mol. The molecule has 1 rings (SSSR count). The molecular formula is C15H23BrO. The van der Waals surface area contributed by atoms with Crippen molar-refractivity contribution in [1.82, 2.24) is 0 Å². The Morgan fingerprint density at radius 1 is 1.29 bits per heavy atom. The number of halogens is 1. The largest absolute Gasteiger partial charge is 0.493 e. The third-order valence-corrected chi connectivity index (χ3v) is 3.95. The fraction of sp³-hybridized carbons (Fsp3) is 0.600. The number of hydrogen-bond donors (Lipinski definition) is 0. The van der Waals surface area contributed by atoms with Crippen molar-refractivity contribution < 1.29 is 4.74 Å². The highest BCUT2D eigenvalue weighted by Gasteiger charge is 2.24. The lowest BCUT2D eigenvalue weighted by atomic mass is 9.83. The van der Waals surface area contributed by atoms with Gasteiger partial charge in [0, 0.05) is 11.2 Å². The molecule has 0 bridgehead atoms. The fourth-order valence-corrected chi connectivity index (χ4v) is 2.74. The first kappa shape index (κ1) is 14.6. The van der Waals surface area contributed by atoms with Gasteiger partial charge in [-0.1, -0.05) is 55.8 Å². The van der Waals surface area contributed by atoms with E-state index in [0.29, 0.717) is 5.92 Å². The van der Waals surface area contributed by atoms with Crippen LogP contribution in [0.15, 0.2) is 24.3 Å². The molecule has 1 aromatic rings. The molecule has 0 aliphatic rings. The van der Waals surface area contributed by atoms with Gasteiger partial charge >= 0.3 is 0 Å². The van der Waals surface area contributed by atoms with E-state index in [1.807, 2.05) is 6.07 Å². The van der Waals surface area contributed by atoms with Gasteiger partial charge in [-0.05, 0) is 29.5 Å². The molecule has 1 unspecified atom stereocenters. The van der Waals surface area contributed by atoms with Gasteiger partial charge in [-0.3, -0.25) is 0 Å². The molecule has 17 heavy (non-hydrogen) atoms. The van der Waals surface area contributed by atoms with E-state index in [9.17, 15) is 0 Å². The normalized spacial score (nSPS) is 13.5. The molecule has 0 heterocycles. The Morgan fingerprint density at radius 2 is 2.00 bits per heavy atom. The Balaban J connectivity index is 2.59. The average Bonchev–Trinajstić information content (AvgIpc) is 2.28. The summed E-state index contributed by atoms with van der Waals surface area (Å²) in [6.07, 6.45) is 1.05. The van der Waals surface area contributed by atoms with Crippen molar-refractivity contribution in [1.29, 1.82) is 0 Å². The number of ether oxygens (including phenoxy) is 1. The highest BCUT2D eigenvalue weighted by atomic mass is 79.9. The molecule has 0 amide bonds. The summed E-state index contributed by atoms with van der Waals surface area (Å²) in [5.74, 6) is 1.51. The summed E-state index contributed by atoms with van der Waals surface area (Å²) in [5.41, 5.74) is 1.60. The van der Waals surface area contributed by atoms with Gasteiger partial charge in [0.25, 0.3) is 0 Å². The molecule has 1 nitrogen and oxygen atoms in total. The average molecular weight is 299 g/mol. The lowest BCUT2D eigenvalue weighted by Gasteiger charge is -2.29. The minimum Gasteiger partial charge on any atom is -0.493 e. The second-order valence-electron chi connectivity index (χ2n) is 5.53. The number of benzene rings is 1. The molecule has 0 N–H and O–H groups in total. The minimum absolute atomic E-state index is 0.270. The summed E-state index contributed by atoms with van der Waals surface area (Å²) in [6, 6.07) is 8.37. The summed E-state index contributed by atoms with van der Waals surface area (Å²) in [5, 5.41) is 0.976. The van der Waals surface area contributed by atoms with Crippen LogP contribution in [0.4, 0.5) is 0 Å². The first-order valence-corrected chi connectivity index (χ1v) is 7.37. The van der Waals surface area contributed by atoms with Crippen LogP contribution in [0, 0.1) is 11.3 Å². The van der Waals surface area contributed by atoms with Crippen LogP contribution in [0.2, 0.25) is 0 Å². The van der Waals surface area contributed by atoms with Crippen molar-refractivity contribution in [3.63, 3.8) is 0 Å². The quantitative estimate of drug-likeness (QED) is 0.717. The van der Waals surface area contributed by atoms with E-state index in [1.165, 1.54) is 5.56 Å². The topological polar surface area (TPSA) is 9.23 Å². The molecule has 0 aliphatic heterocycles. The number of rotatable bonds is 5. The molecule has 0 fully saturated rings. The Hall–Kier alpha value is -0.500. The van der Waals surface area contributed by atoms with Crippen LogP contribution in [-0.2, 0) is 6.42 Å². The zero-order valence-electron chi connectivity index (χ0n) is 11.3. The lowest BCUT2D eigenvalue weighted by Crippen LogP contribution is -2.27. The predicted octanol–water partition coefficient (Wildman–Crippen LogP) is 4.69. The van der Waals surface area contributed by atoms with Gasteiger partial charge < -0.3 is 4.74 Å². The van der Waals surface area contributed by atoms with Gasteiger partial charge in [0.05, 0.1) is 6.61 Å². The number of alkyl halides is 1. The van der Waals surface area contributed by atoms with E-state index in [2.05, 4.69) is 61.8 Å². The molecule has 0 aliphatic carbocycles. The maximum absolute atomic E-state index is 5.90. The highest BCUT2D eigenvalue weighted by molar-refractivity contribution is 9.09. The van der Waals surface area contributed by atoms with Gasteiger partial charge in [0.2, 0.25) is 0 Å². The van der Waals surface area contributed by atoms with E-state index < -0.39 is 0 Å². The maximum atomic E-state index is 5.90. The molecule has 96 valence electrons. The van der Waals surface area contributed by atoms with Crippen LogP contribution >= 0.6 is 15.9 Å². The van der Waals surface area contributed by atoms with E-state index in [0.717, 1.165) is 24.1 Å². The van der Waals surface area contributed by atoms with Crippen molar-refractivity contribution >= 4 is 15.9 Å².